The summed E-state index contributed by atoms with van der Waals surface area (Å²) >= 11 is 1.70. The molecule has 0 amide bonds. The van der Waals surface area contributed by atoms with E-state index in [2.05, 4.69) is 60.1 Å². The van der Waals surface area contributed by atoms with E-state index in [1.54, 1.807) is 11.3 Å². The van der Waals surface area contributed by atoms with Crippen molar-refractivity contribution in [1.82, 2.24) is 19.6 Å². The number of piperazine rings is 1. The number of imidazole rings is 1. The van der Waals surface area contributed by atoms with E-state index in [0.717, 1.165) is 31.0 Å². The average Bonchev–Trinajstić information content (AvgIpc) is 2.94. The largest absolute Gasteiger partial charge is 0.309 e. The number of nitrogens with zero attached hydrogens (tertiary/aromatic N) is 3. The van der Waals surface area contributed by atoms with E-state index in [0.29, 0.717) is 0 Å². The summed E-state index contributed by atoms with van der Waals surface area (Å²) in [4.78, 5) is 8.42. The monoisotopic (exact) mass is 292 g/mol. The second-order valence-corrected chi connectivity index (χ2v) is 7.64. The van der Waals surface area contributed by atoms with Crippen LogP contribution in [-0.2, 0) is 6.54 Å². The molecule has 0 radical (unpaired) electrons. The summed E-state index contributed by atoms with van der Waals surface area (Å²) in [5, 5.41) is 5.75. The maximum Gasteiger partial charge on any atom is 0.193 e. The minimum absolute atomic E-state index is 0.172. The van der Waals surface area contributed by atoms with Crippen molar-refractivity contribution in [1.29, 1.82) is 0 Å². The molecule has 1 atom stereocenters. The number of fused-ring (bicyclic) bond motifs is 1. The Hall–Kier alpha value is -0.910. The van der Waals surface area contributed by atoms with Crippen molar-refractivity contribution in [2.75, 3.05) is 13.1 Å². The van der Waals surface area contributed by atoms with Crippen molar-refractivity contribution in [2.24, 2.45) is 0 Å². The lowest BCUT2D eigenvalue weighted by molar-refractivity contribution is 0.0167. The first-order valence-electron chi connectivity index (χ1n) is 7.33. The highest BCUT2D eigenvalue weighted by molar-refractivity contribution is 7.15. The highest BCUT2D eigenvalue weighted by atomic mass is 32.1. The van der Waals surface area contributed by atoms with Gasteiger partial charge in [0.15, 0.2) is 4.96 Å². The standard InChI is InChI=1S/C15H24N4S/c1-5-15(4)10-16-14(2,3)11-19(15)9-12-8-18-6-7-20-13(18)17-12/h6-8,16H,5,9-11H2,1-4H3. The molecule has 3 rings (SSSR count). The molecule has 1 aliphatic rings. The van der Waals surface area contributed by atoms with Crippen molar-refractivity contribution in [3.05, 3.63) is 23.5 Å². The van der Waals surface area contributed by atoms with E-state index < -0.39 is 0 Å². The minimum Gasteiger partial charge on any atom is -0.309 e. The Morgan fingerprint density at radius 3 is 2.90 bits per heavy atom. The maximum atomic E-state index is 4.73. The molecule has 0 spiro atoms. The van der Waals surface area contributed by atoms with Crippen LogP contribution in [0.1, 0.15) is 39.8 Å². The number of hydrogen-bond acceptors (Lipinski definition) is 4. The van der Waals surface area contributed by atoms with Gasteiger partial charge in [-0.2, -0.15) is 0 Å². The number of thiazole rings is 1. The Labute approximate surface area is 124 Å². The molecule has 1 aliphatic heterocycles. The SMILES string of the molecule is CCC1(C)CNC(C)(C)CN1Cc1cn2ccsc2n1. The predicted molar refractivity (Wildman–Crippen MR) is 84.3 cm³/mol. The van der Waals surface area contributed by atoms with Crippen molar-refractivity contribution in [3.63, 3.8) is 0 Å². The van der Waals surface area contributed by atoms with Crippen molar-refractivity contribution >= 4 is 16.3 Å². The summed E-state index contributed by atoms with van der Waals surface area (Å²) in [5.41, 5.74) is 1.56. The normalized spacial score (nSPS) is 27.2. The Morgan fingerprint density at radius 2 is 2.20 bits per heavy atom. The van der Waals surface area contributed by atoms with Crippen molar-refractivity contribution < 1.29 is 0 Å². The van der Waals surface area contributed by atoms with E-state index in [9.17, 15) is 0 Å². The van der Waals surface area contributed by atoms with Gasteiger partial charge >= 0.3 is 0 Å². The zero-order valence-electron chi connectivity index (χ0n) is 12.8. The van der Waals surface area contributed by atoms with Crippen LogP contribution in [-0.4, -0.2) is 38.5 Å². The zero-order valence-corrected chi connectivity index (χ0v) is 13.6. The Bertz CT molecular complexity index is 571. The minimum atomic E-state index is 0.172. The van der Waals surface area contributed by atoms with Crippen molar-refractivity contribution in [3.8, 4) is 0 Å². The lowest BCUT2D eigenvalue weighted by Gasteiger charge is -2.51. The second-order valence-electron chi connectivity index (χ2n) is 6.77. The molecule has 110 valence electrons. The molecule has 0 aliphatic carbocycles. The number of aromatic nitrogens is 2. The molecule has 2 aromatic heterocycles. The van der Waals surface area contributed by atoms with Gasteiger partial charge in [-0.15, -0.1) is 11.3 Å². The summed E-state index contributed by atoms with van der Waals surface area (Å²) in [6.45, 7) is 12.2. The molecular formula is C15H24N4S. The summed E-state index contributed by atoms with van der Waals surface area (Å²) in [6, 6.07) is 0. The molecule has 3 heterocycles. The Kier molecular flexibility index (Phi) is 3.39. The fourth-order valence-electron chi connectivity index (χ4n) is 2.91. The van der Waals surface area contributed by atoms with Gasteiger partial charge in [0.2, 0.25) is 0 Å². The number of rotatable bonds is 3. The van der Waals surface area contributed by atoms with E-state index in [4.69, 9.17) is 4.98 Å². The topological polar surface area (TPSA) is 32.6 Å². The van der Waals surface area contributed by atoms with Crippen LogP contribution >= 0.6 is 11.3 Å². The molecule has 1 fully saturated rings. The van der Waals surface area contributed by atoms with E-state index >= 15 is 0 Å². The van der Waals surface area contributed by atoms with Crippen LogP contribution in [0.5, 0.6) is 0 Å². The third kappa shape index (κ3) is 2.50. The number of nitrogens with one attached hydrogen (secondary N) is 1. The van der Waals surface area contributed by atoms with E-state index in [-0.39, 0.29) is 11.1 Å². The van der Waals surface area contributed by atoms with E-state index in [1.807, 2.05) is 0 Å². The Morgan fingerprint density at radius 1 is 1.40 bits per heavy atom. The molecular weight excluding hydrogens is 268 g/mol. The Balaban J connectivity index is 1.83. The highest BCUT2D eigenvalue weighted by Crippen LogP contribution is 2.28. The molecule has 1 unspecified atom stereocenters. The smallest absolute Gasteiger partial charge is 0.193 e. The molecule has 5 heteroatoms. The lowest BCUT2D eigenvalue weighted by atomic mass is 9.88. The number of hydrogen-bond donors (Lipinski definition) is 1. The van der Waals surface area contributed by atoms with Crippen LogP contribution in [0.3, 0.4) is 0 Å². The molecule has 1 saturated heterocycles. The fourth-order valence-corrected chi connectivity index (χ4v) is 3.63. The van der Waals surface area contributed by atoms with Gasteiger partial charge in [0.1, 0.15) is 0 Å². The summed E-state index contributed by atoms with van der Waals surface area (Å²) in [6.07, 6.45) is 5.40. The summed E-state index contributed by atoms with van der Waals surface area (Å²) < 4.78 is 2.12. The first-order valence-corrected chi connectivity index (χ1v) is 8.21. The molecule has 2 aromatic rings. The average molecular weight is 292 g/mol. The van der Waals surface area contributed by atoms with Gasteiger partial charge < -0.3 is 5.32 Å². The molecule has 4 nitrogen and oxygen atoms in total. The highest BCUT2D eigenvalue weighted by Gasteiger charge is 2.39. The molecule has 0 bridgehead atoms. The van der Waals surface area contributed by atoms with Crippen LogP contribution in [0, 0.1) is 0 Å². The summed E-state index contributed by atoms with van der Waals surface area (Å²) in [7, 11) is 0. The molecule has 1 N–H and O–H groups in total. The molecule has 0 aromatic carbocycles. The third-order valence-electron chi connectivity index (χ3n) is 4.56. The van der Waals surface area contributed by atoms with Gasteiger partial charge in [-0.3, -0.25) is 9.30 Å². The van der Waals surface area contributed by atoms with Gasteiger partial charge in [0, 0.05) is 48.5 Å². The second kappa shape index (κ2) is 4.83. The predicted octanol–water partition coefficient (Wildman–Crippen LogP) is 2.75. The zero-order chi connectivity index (χ0) is 14.4. The van der Waals surface area contributed by atoms with Crippen LogP contribution in [0.25, 0.3) is 4.96 Å². The van der Waals surface area contributed by atoms with E-state index in [1.165, 1.54) is 5.69 Å². The quantitative estimate of drug-likeness (QED) is 0.944. The maximum absolute atomic E-state index is 4.73. The first-order chi connectivity index (χ1) is 9.42. The lowest BCUT2D eigenvalue weighted by Crippen LogP contribution is -2.66. The van der Waals surface area contributed by atoms with Gasteiger partial charge in [-0.25, -0.2) is 4.98 Å². The fraction of sp³-hybridized carbons (Fsp3) is 0.667. The van der Waals surface area contributed by atoms with Crippen LogP contribution < -0.4 is 5.32 Å². The van der Waals surface area contributed by atoms with Crippen molar-refractivity contribution in [2.45, 2.75) is 51.7 Å². The van der Waals surface area contributed by atoms with Gasteiger partial charge in [-0.1, -0.05) is 6.92 Å². The summed E-state index contributed by atoms with van der Waals surface area (Å²) in [5.74, 6) is 0. The third-order valence-corrected chi connectivity index (χ3v) is 5.33. The molecule has 0 saturated carbocycles. The van der Waals surface area contributed by atoms with Gasteiger partial charge in [-0.05, 0) is 27.2 Å². The van der Waals surface area contributed by atoms with Gasteiger partial charge in [0.05, 0.1) is 5.69 Å². The first kappa shape index (κ1) is 14.0. The van der Waals surface area contributed by atoms with Crippen LogP contribution in [0.4, 0.5) is 0 Å². The molecule has 20 heavy (non-hydrogen) atoms. The van der Waals surface area contributed by atoms with Gasteiger partial charge in [0.25, 0.3) is 0 Å². The van der Waals surface area contributed by atoms with Crippen LogP contribution in [0.2, 0.25) is 0 Å². The van der Waals surface area contributed by atoms with Crippen LogP contribution in [0.15, 0.2) is 17.8 Å².